The van der Waals surface area contributed by atoms with Gasteiger partial charge in [0.2, 0.25) is 0 Å². The molecule has 1 saturated carbocycles. The van der Waals surface area contributed by atoms with E-state index in [1.807, 2.05) is 18.4 Å². The minimum atomic E-state index is -0.723. The maximum absolute atomic E-state index is 11.1. The molecule has 2 saturated heterocycles. The Morgan fingerprint density at radius 2 is 2.00 bits per heavy atom. The largest absolute Gasteiger partial charge is 0.365 e. The number of nitrogens with one attached hydrogen (secondary N) is 1. The summed E-state index contributed by atoms with van der Waals surface area (Å²) in [6.45, 7) is 3.75. The van der Waals surface area contributed by atoms with Crippen LogP contribution in [0.25, 0.3) is 11.2 Å². The van der Waals surface area contributed by atoms with Gasteiger partial charge in [-0.15, -0.1) is 0 Å². The topological polar surface area (TPSA) is 100 Å². The monoisotopic (exact) mass is 387 g/mol. The summed E-state index contributed by atoms with van der Waals surface area (Å²) in [7, 11) is 0. The molecule has 0 aromatic carbocycles. The van der Waals surface area contributed by atoms with E-state index in [1.54, 1.807) is 12.7 Å². The van der Waals surface area contributed by atoms with Crippen LogP contribution in [0, 0.1) is 0 Å². The summed E-state index contributed by atoms with van der Waals surface area (Å²) in [6.07, 6.45) is 7.69. The zero-order valence-electron chi connectivity index (χ0n) is 16.1. The number of anilines is 1. The fraction of sp³-hybridized carbons (Fsp3) is 0.684. The molecule has 5 rings (SSSR count). The number of nitrogens with zero attached hydrogens (tertiary/aromatic N) is 4. The molecule has 0 amide bonds. The fourth-order valence-corrected chi connectivity index (χ4v) is 4.57. The van der Waals surface area contributed by atoms with E-state index >= 15 is 0 Å². The van der Waals surface area contributed by atoms with Gasteiger partial charge in [-0.3, -0.25) is 4.57 Å². The Kier molecular flexibility index (Phi) is 4.33. The number of rotatable bonds is 5. The number of fused-ring (bicyclic) bond motifs is 2. The molecular formula is C19H25N5O4. The molecule has 9 nitrogen and oxygen atoms in total. The molecular weight excluding hydrogens is 362 g/mol. The van der Waals surface area contributed by atoms with Crippen molar-refractivity contribution < 1.29 is 19.0 Å². The summed E-state index contributed by atoms with van der Waals surface area (Å²) in [5.74, 6) is 0.0255. The molecule has 0 radical (unpaired) electrons. The van der Waals surface area contributed by atoms with Crippen molar-refractivity contribution in [1.82, 2.24) is 19.5 Å². The van der Waals surface area contributed by atoms with E-state index < -0.39 is 12.0 Å². The first-order chi connectivity index (χ1) is 13.6. The summed E-state index contributed by atoms with van der Waals surface area (Å²) in [5, 5.41) is 3.51. The minimum Gasteiger partial charge on any atom is -0.365 e. The molecule has 150 valence electrons. The molecule has 28 heavy (non-hydrogen) atoms. The van der Waals surface area contributed by atoms with Crippen LogP contribution in [0.1, 0.15) is 52.2 Å². The molecule has 4 heterocycles. The number of imidazole rings is 1. The number of hydrogen-bond acceptors (Lipinski definition) is 8. The maximum Gasteiger partial charge on any atom is 0.167 e. The van der Waals surface area contributed by atoms with Gasteiger partial charge in [-0.1, -0.05) is 12.8 Å². The van der Waals surface area contributed by atoms with E-state index in [0.717, 1.165) is 24.9 Å². The van der Waals surface area contributed by atoms with Crippen LogP contribution in [0.2, 0.25) is 0 Å². The lowest BCUT2D eigenvalue weighted by atomic mass is 10.1. The average Bonchev–Trinajstić information content (AvgIpc) is 3.41. The summed E-state index contributed by atoms with van der Waals surface area (Å²) in [5.41, 5.74) is 1.39. The standard InChI is InChI=1S/C19H25N5O4/c1-19(2)27-14-12(7-8-25)26-18(15(14)28-19)24-10-22-13-16(20-9-21-17(13)24)23-11-5-3-4-6-11/h8-12,14-15,18H,3-7H2,1-2H3,(H,20,21,23). The molecule has 3 aliphatic rings. The van der Waals surface area contributed by atoms with Crippen LogP contribution >= 0.6 is 0 Å². The first-order valence-electron chi connectivity index (χ1n) is 9.94. The number of aromatic nitrogens is 4. The maximum atomic E-state index is 11.1. The second-order valence-corrected chi connectivity index (χ2v) is 8.20. The van der Waals surface area contributed by atoms with Crippen molar-refractivity contribution in [3.63, 3.8) is 0 Å². The van der Waals surface area contributed by atoms with Gasteiger partial charge < -0.3 is 24.3 Å². The quantitative estimate of drug-likeness (QED) is 0.779. The second-order valence-electron chi connectivity index (χ2n) is 8.20. The SMILES string of the molecule is CC1(C)OC2C(CC=O)OC(n3cnc4c(NC5CCCC5)ncnc43)C2O1. The van der Waals surface area contributed by atoms with Gasteiger partial charge in [-0.05, 0) is 26.7 Å². The van der Waals surface area contributed by atoms with Crippen molar-refractivity contribution in [1.29, 1.82) is 0 Å². The summed E-state index contributed by atoms with van der Waals surface area (Å²) in [4.78, 5) is 24.5. The molecule has 4 atom stereocenters. The number of ether oxygens (including phenoxy) is 3. The Morgan fingerprint density at radius 1 is 1.21 bits per heavy atom. The van der Waals surface area contributed by atoms with Gasteiger partial charge in [-0.2, -0.15) is 0 Å². The molecule has 0 spiro atoms. The fourth-order valence-electron chi connectivity index (χ4n) is 4.57. The van der Waals surface area contributed by atoms with Gasteiger partial charge in [0.05, 0.1) is 12.4 Å². The smallest absolute Gasteiger partial charge is 0.167 e. The number of carbonyl (C=O) groups is 1. The molecule has 2 aliphatic heterocycles. The van der Waals surface area contributed by atoms with E-state index in [-0.39, 0.29) is 24.7 Å². The highest BCUT2D eigenvalue weighted by Crippen LogP contribution is 2.44. The van der Waals surface area contributed by atoms with Crippen LogP contribution in [-0.2, 0) is 19.0 Å². The highest BCUT2D eigenvalue weighted by atomic mass is 16.8. The molecule has 9 heteroatoms. The molecule has 4 unspecified atom stereocenters. The Hall–Kier alpha value is -2.10. The van der Waals surface area contributed by atoms with E-state index in [1.165, 1.54) is 12.8 Å². The van der Waals surface area contributed by atoms with Gasteiger partial charge >= 0.3 is 0 Å². The van der Waals surface area contributed by atoms with Crippen molar-refractivity contribution in [3.05, 3.63) is 12.7 Å². The zero-order chi connectivity index (χ0) is 19.3. The molecule has 2 aromatic heterocycles. The van der Waals surface area contributed by atoms with E-state index in [0.29, 0.717) is 17.2 Å². The lowest BCUT2D eigenvalue weighted by molar-refractivity contribution is -0.196. The van der Waals surface area contributed by atoms with Crippen LogP contribution in [0.3, 0.4) is 0 Å². The summed E-state index contributed by atoms with van der Waals surface area (Å²) >= 11 is 0. The predicted molar refractivity (Wildman–Crippen MR) is 99.6 cm³/mol. The van der Waals surface area contributed by atoms with Crippen molar-refractivity contribution in [2.24, 2.45) is 0 Å². The van der Waals surface area contributed by atoms with Crippen molar-refractivity contribution in [2.45, 2.75) is 82.3 Å². The number of aldehydes is 1. The molecule has 1 aliphatic carbocycles. The Bertz CT molecular complexity index is 878. The first-order valence-corrected chi connectivity index (χ1v) is 9.94. The van der Waals surface area contributed by atoms with Crippen LogP contribution in [-0.4, -0.2) is 55.9 Å². The number of carbonyl (C=O) groups excluding carboxylic acids is 1. The van der Waals surface area contributed by atoms with Crippen LogP contribution in [0.5, 0.6) is 0 Å². The van der Waals surface area contributed by atoms with Crippen LogP contribution in [0.4, 0.5) is 5.82 Å². The van der Waals surface area contributed by atoms with Gasteiger partial charge in [-0.25, -0.2) is 15.0 Å². The van der Waals surface area contributed by atoms with E-state index in [9.17, 15) is 4.79 Å². The Morgan fingerprint density at radius 3 is 2.79 bits per heavy atom. The predicted octanol–water partition coefficient (Wildman–Crippen LogP) is 2.19. The van der Waals surface area contributed by atoms with Crippen LogP contribution in [0.15, 0.2) is 12.7 Å². The number of hydrogen-bond donors (Lipinski definition) is 1. The zero-order valence-corrected chi connectivity index (χ0v) is 16.1. The molecule has 0 bridgehead atoms. The van der Waals surface area contributed by atoms with Gasteiger partial charge in [0.25, 0.3) is 0 Å². The Balaban J connectivity index is 1.48. The van der Waals surface area contributed by atoms with Crippen molar-refractivity contribution >= 4 is 23.3 Å². The second kappa shape index (κ2) is 6.75. The van der Waals surface area contributed by atoms with Gasteiger partial charge in [0, 0.05) is 12.5 Å². The van der Waals surface area contributed by atoms with Crippen LogP contribution < -0.4 is 5.32 Å². The lowest BCUT2D eigenvalue weighted by Crippen LogP contribution is -2.29. The van der Waals surface area contributed by atoms with E-state index in [4.69, 9.17) is 14.2 Å². The van der Waals surface area contributed by atoms with Gasteiger partial charge in [0.1, 0.15) is 24.8 Å². The summed E-state index contributed by atoms with van der Waals surface area (Å²) in [6, 6.07) is 0.430. The van der Waals surface area contributed by atoms with Crippen molar-refractivity contribution in [3.8, 4) is 0 Å². The summed E-state index contributed by atoms with van der Waals surface area (Å²) < 4.78 is 20.1. The lowest BCUT2D eigenvalue weighted by Gasteiger charge is -2.24. The highest BCUT2D eigenvalue weighted by molar-refractivity contribution is 5.82. The first kappa shape index (κ1) is 18.0. The minimum absolute atomic E-state index is 0.257. The van der Waals surface area contributed by atoms with E-state index in [2.05, 4.69) is 20.3 Å². The van der Waals surface area contributed by atoms with Crippen molar-refractivity contribution in [2.75, 3.05) is 5.32 Å². The van der Waals surface area contributed by atoms with Gasteiger partial charge in [0.15, 0.2) is 29.0 Å². The molecule has 3 fully saturated rings. The third-order valence-corrected chi connectivity index (χ3v) is 5.78. The molecule has 2 aromatic rings. The third kappa shape index (κ3) is 2.98. The normalized spacial score (nSPS) is 32.1. The molecule has 1 N–H and O–H groups in total. The Labute approximate surface area is 162 Å². The third-order valence-electron chi connectivity index (χ3n) is 5.78. The average molecular weight is 387 g/mol. The highest BCUT2D eigenvalue weighted by Gasteiger charge is 2.55.